The van der Waals surface area contributed by atoms with Crippen molar-refractivity contribution in [2.24, 2.45) is 11.8 Å². The molecule has 1 aliphatic heterocycles. The maximum Gasteiger partial charge on any atom is 0.211 e. The van der Waals surface area contributed by atoms with Gasteiger partial charge >= 0.3 is 0 Å². The van der Waals surface area contributed by atoms with Crippen molar-refractivity contribution in [1.29, 1.82) is 0 Å². The zero-order valence-corrected chi connectivity index (χ0v) is 12.9. The lowest BCUT2D eigenvalue weighted by Gasteiger charge is -2.31. The summed E-state index contributed by atoms with van der Waals surface area (Å²) in [7, 11) is -3.00. The molecule has 5 heteroatoms. The topological polar surface area (TPSA) is 49.4 Å². The van der Waals surface area contributed by atoms with Crippen LogP contribution in [0.5, 0.6) is 0 Å². The van der Waals surface area contributed by atoms with E-state index >= 15 is 0 Å². The largest absolute Gasteiger partial charge is 0.316 e. The van der Waals surface area contributed by atoms with Gasteiger partial charge in [0.1, 0.15) is 0 Å². The van der Waals surface area contributed by atoms with Crippen LogP contribution < -0.4 is 5.32 Å². The molecule has 1 N–H and O–H groups in total. The Kier molecular flexibility index (Phi) is 5.66. The molecule has 19 heavy (non-hydrogen) atoms. The van der Waals surface area contributed by atoms with Crippen LogP contribution in [-0.2, 0) is 10.0 Å². The molecule has 1 unspecified atom stereocenters. The summed E-state index contributed by atoms with van der Waals surface area (Å²) < 4.78 is 24.8. The molecule has 2 aliphatic rings. The second-order valence-electron chi connectivity index (χ2n) is 6.29. The molecule has 2 fully saturated rings. The number of hydrogen-bond donors (Lipinski definition) is 1. The first-order valence-electron chi connectivity index (χ1n) is 7.71. The highest BCUT2D eigenvalue weighted by atomic mass is 32.2. The number of piperidine rings is 1. The van der Waals surface area contributed by atoms with Gasteiger partial charge in [-0.2, -0.15) is 0 Å². The summed E-state index contributed by atoms with van der Waals surface area (Å²) in [5.41, 5.74) is 0. The molecule has 1 heterocycles. The van der Waals surface area contributed by atoms with Crippen molar-refractivity contribution in [1.82, 2.24) is 9.62 Å². The zero-order valence-electron chi connectivity index (χ0n) is 12.1. The van der Waals surface area contributed by atoms with Gasteiger partial charge in [-0.3, -0.25) is 0 Å². The Hall–Kier alpha value is -0.130. The van der Waals surface area contributed by atoms with E-state index in [9.17, 15) is 8.42 Å². The third-order valence-corrected chi connectivity index (χ3v) is 5.81. The predicted octanol–water partition coefficient (Wildman–Crippen LogP) is 1.83. The maximum absolute atomic E-state index is 11.6. The number of sulfonamides is 1. The Bertz CT molecular complexity index is 364. The van der Waals surface area contributed by atoms with E-state index in [1.165, 1.54) is 38.4 Å². The molecule has 0 amide bonds. The van der Waals surface area contributed by atoms with Crippen molar-refractivity contribution < 1.29 is 8.42 Å². The van der Waals surface area contributed by atoms with E-state index < -0.39 is 10.0 Å². The van der Waals surface area contributed by atoms with Crippen LogP contribution in [0.15, 0.2) is 0 Å². The average Bonchev–Trinajstić information content (AvgIpc) is 2.39. The first-order chi connectivity index (χ1) is 9.05. The van der Waals surface area contributed by atoms with E-state index in [1.807, 2.05) is 0 Å². The molecule has 0 aromatic carbocycles. The lowest BCUT2D eigenvalue weighted by atomic mass is 9.89. The molecule has 0 aromatic rings. The second-order valence-corrected chi connectivity index (χ2v) is 8.27. The van der Waals surface area contributed by atoms with Gasteiger partial charge in [0.05, 0.1) is 6.26 Å². The van der Waals surface area contributed by atoms with Crippen LogP contribution in [0.4, 0.5) is 0 Å². The Morgan fingerprint density at radius 3 is 2.32 bits per heavy atom. The quantitative estimate of drug-likeness (QED) is 0.839. The monoisotopic (exact) mass is 288 g/mol. The Balaban J connectivity index is 1.67. The number of nitrogens with one attached hydrogen (secondary N) is 1. The molecule has 2 rings (SSSR count). The van der Waals surface area contributed by atoms with E-state index in [2.05, 4.69) is 5.32 Å². The summed E-state index contributed by atoms with van der Waals surface area (Å²) in [6.45, 7) is 3.51. The lowest BCUT2D eigenvalue weighted by Crippen LogP contribution is -2.42. The van der Waals surface area contributed by atoms with Crippen molar-refractivity contribution >= 4 is 10.0 Å². The minimum atomic E-state index is -3.00. The molecule has 0 radical (unpaired) electrons. The van der Waals surface area contributed by atoms with Crippen LogP contribution in [0.3, 0.4) is 0 Å². The van der Waals surface area contributed by atoms with Crippen molar-refractivity contribution in [2.45, 2.75) is 44.9 Å². The van der Waals surface area contributed by atoms with Crippen LogP contribution >= 0.6 is 0 Å². The molecule has 4 nitrogen and oxygen atoms in total. The fourth-order valence-electron chi connectivity index (χ4n) is 3.38. The smallest absolute Gasteiger partial charge is 0.211 e. The minimum absolute atomic E-state index is 0.493. The van der Waals surface area contributed by atoms with Crippen LogP contribution in [0.25, 0.3) is 0 Å². The average molecular weight is 288 g/mol. The van der Waals surface area contributed by atoms with Gasteiger partial charge < -0.3 is 5.32 Å². The van der Waals surface area contributed by atoms with Gasteiger partial charge in [0.15, 0.2) is 0 Å². The van der Waals surface area contributed by atoms with Gasteiger partial charge in [0, 0.05) is 13.1 Å². The van der Waals surface area contributed by atoms with E-state index in [0.717, 1.165) is 31.8 Å². The molecule has 1 aliphatic carbocycles. The zero-order chi connectivity index (χ0) is 13.7. The number of rotatable bonds is 5. The van der Waals surface area contributed by atoms with Crippen molar-refractivity contribution in [3.8, 4) is 0 Å². The second kappa shape index (κ2) is 7.04. The normalized spacial score (nSPS) is 27.5. The molecular weight excluding hydrogens is 260 g/mol. The van der Waals surface area contributed by atoms with Crippen LogP contribution in [-0.4, -0.2) is 45.2 Å². The molecule has 1 saturated carbocycles. The van der Waals surface area contributed by atoms with Gasteiger partial charge in [-0.1, -0.05) is 19.3 Å². The van der Waals surface area contributed by atoms with Crippen LogP contribution in [0.1, 0.15) is 44.9 Å². The van der Waals surface area contributed by atoms with Crippen molar-refractivity contribution in [2.75, 3.05) is 32.4 Å². The predicted molar refractivity (Wildman–Crippen MR) is 78.6 cm³/mol. The van der Waals surface area contributed by atoms with Crippen molar-refractivity contribution in [3.05, 3.63) is 0 Å². The van der Waals surface area contributed by atoms with E-state index in [4.69, 9.17) is 0 Å². The lowest BCUT2D eigenvalue weighted by molar-refractivity contribution is 0.253. The maximum atomic E-state index is 11.6. The number of nitrogens with zero attached hydrogens (tertiary/aromatic N) is 1. The van der Waals surface area contributed by atoms with Gasteiger partial charge in [0.25, 0.3) is 0 Å². The molecule has 0 bridgehead atoms. The van der Waals surface area contributed by atoms with Crippen LogP contribution in [0, 0.1) is 11.8 Å². The van der Waals surface area contributed by atoms with E-state index in [0.29, 0.717) is 19.0 Å². The summed E-state index contributed by atoms with van der Waals surface area (Å²) in [5, 5.41) is 3.58. The first-order valence-corrected chi connectivity index (χ1v) is 9.56. The molecule has 112 valence electrons. The SMILES string of the molecule is CS(=O)(=O)N1CCCC(CNCC2CCCCC2)C1. The van der Waals surface area contributed by atoms with Crippen LogP contribution in [0.2, 0.25) is 0 Å². The highest BCUT2D eigenvalue weighted by molar-refractivity contribution is 7.88. The van der Waals surface area contributed by atoms with Gasteiger partial charge in [0.2, 0.25) is 10.0 Å². The highest BCUT2D eigenvalue weighted by Gasteiger charge is 2.25. The summed E-state index contributed by atoms with van der Waals surface area (Å²) in [5.74, 6) is 1.34. The molecule has 1 atom stereocenters. The van der Waals surface area contributed by atoms with E-state index in [-0.39, 0.29) is 0 Å². The van der Waals surface area contributed by atoms with Crippen molar-refractivity contribution in [3.63, 3.8) is 0 Å². The number of hydrogen-bond acceptors (Lipinski definition) is 3. The highest BCUT2D eigenvalue weighted by Crippen LogP contribution is 2.23. The summed E-state index contributed by atoms with van der Waals surface area (Å²) in [6.07, 6.45) is 10.4. The van der Waals surface area contributed by atoms with Gasteiger partial charge in [-0.05, 0) is 50.6 Å². The van der Waals surface area contributed by atoms with Gasteiger partial charge in [-0.25, -0.2) is 12.7 Å². The first kappa shape index (κ1) is 15.3. The molecular formula is C14H28N2O2S. The Morgan fingerprint density at radius 2 is 1.63 bits per heavy atom. The molecule has 0 spiro atoms. The molecule has 0 aromatic heterocycles. The third-order valence-electron chi connectivity index (χ3n) is 4.54. The summed E-state index contributed by atoms with van der Waals surface area (Å²) in [4.78, 5) is 0. The minimum Gasteiger partial charge on any atom is -0.316 e. The summed E-state index contributed by atoms with van der Waals surface area (Å²) in [6, 6.07) is 0. The summed E-state index contributed by atoms with van der Waals surface area (Å²) >= 11 is 0. The Labute approximate surface area is 118 Å². The fourth-order valence-corrected chi connectivity index (χ4v) is 4.32. The Morgan fingerprint density at radius 1 is 1.00 bits per heavy atom. The third kappa shape index (κ3) is 5.04. The van der Waals surface area contributed by atoms with E-state index in [1.54, 1.807) is 4.31 Å². The molecule has 1 saturated heterocycles. The fraction of sp³-hybridized carbons (Fsp3) is 1.00. The van der Waals surface area contributed by atoms with Gasteiger partial charge in [-0.15, -0.1) is 0 Å². The standard InChI is InChI=1S/C14H28N2O2S/c1-19(17,18)16-9-5-8-14(12-16)11-15-10-13-6-3-2-4-7-13/h13-15H,2-12H2,1H3.